The number of hydrogen-bond donors (Lipinski definition) is 1. The summed E-state index contributed by atoms with van der Waals surface area (Å²) in [7, 11) is 0. The highest BCUT2D eigenvalue weighted by Gasteiger charge is 2.13. The van der Waals surface area contributed by atoms with Crippen molar-refractivity contribution in [2.75, 3.05) is 0 Å². The van der Waals surface area contributed by atoms with E-state index in [1.54, 1.807) is 6.07 Å². The van der Waals surface area contributed by atoms with E-state index in [2.05, 4.69) is 26.8 Å². The van der Waals surface area contributed by atoms with Gasteiger partial charge >= 0.3 is 0 Å². The van der Waals surface area contributed by atoms with Gasteiger partial charge in [0.25, 0.3) is 0 Å². The van der Waals surface area contributed by atoms with Crippen molar-refractivity contribution >= 4 is 0 Å². The van der Waals surface area contributed by atoms with Crippen LogP contribution in [0.4, 0.5) is 0 Å². The van der Waals surface area contributed by atoms with Gasteiger partial charge in [0.2, 0.25) is 0 Å². The van der Waals surface area contributed by atoms with Gasteiger partial charge in [-0.3, -0.25) is 0 Å². The second kappa shape index (κ2) is 6.00. The van der Waals surface area contributed by atoms with Gasteiger partial charge in [-0.25, -0.2) is 0 Å². The summed E-state index contributed by atoms with van der Waals surface area (Å²) in [6.45, 7) is 8.41. The standard InChI is InChI=1S/C18H22O2/c1-12(2)11-15-8-6-9-16(19)18(15)20-17-10-5-7-13(3)14(17)4/h5-10,12,19H,11H2,1-4H3. The van der Waals surface area contributed by atoms with Crippen molar-refractivity contribution in [3.63, 3.8) is 0 Å². The Balaban J connectivity index is 2.40. The van der Waals surface area contributed by atoms with Gasteiger partial charge in [0, 0.05) is 0 Å². The predicted molar refractivity (Wildman–Crippen MR) is 82.6 cm³/mol. The molecule has 0 aliphatic carbocycles. The third kappa shape index (κ3) is 3.13. The van der Waals surface area contributed by atoms with Crippen molar-refractivity contribution in [2.24, 2.45) is 5.92 Å². The van der Waals surface area contributed by atoms with Gasteiger partial charge in [-0.05, 0) is 55.0 Å². The minimum absolute atomic E-state index is 0.198. The average Bonchev–Trinajstić information content (AvgIpc) is 2.38. The Labute approximate surface area is 121 Å². The van der Waals surface area contributed by atoms with Gasteiger partial charge < -0.3 is 9.84 Å². The molecule has 1 N–H and O–H groups in total. The zero-order valence-electron chi connectivity index (χ0n) is 12.6. The molecular weight excluding hydrogens is 248 g/mol. The lowest BCUT2D eigenvalue weighted by Gasteiger charge is -2.16. The maximum Gasteiger partial charge on any atom is 0.172 e. The van der Waals surface area contributed by atoms with E-state index >= 15 is 0 Å². The smallest absolute Gasteiger partial charge is 0.172 e. The second-order valence-electron chi connectivity index (χ2n) is 5.66. The molecule has 0 amide bonds. The van der Waals surface area contributed by atoms with Gasteiger partial charge in [-0.1, -0.05) is 38.1 Å². The van der Waals surface area contributed by atoms with Crippen LogP contribution in [0.3, 0.4) is 0 Å². The van der Waals surface area contributed by atoms with Gasteiger partial charge in [0.05, 0.1) is 0 Å². The molecule has 0 radical (unpaired) electrons. The van der Waals surface area contributed by atoms with E-state index in [4.69, 9.17) is 4.74 Å². The number of phenols is 1. The first-order valence-electron chi connectivity index (χ1n) is 7.04. The van der Waals surface area contributed by atoms with Gasteiger partial charge in [0.1, 0.15) is 5.75 Å². The van der Waals surface area contributed by atoms with Crippen LogP contribution in [0.2, 0.25) is 0 Å². The minimum atomic E-state index is 0.198. The molecule has 0 unspecified atom stereocenters. The molecule has 106 valence electrons. The van der Waals surface area contributed by atoms with Gasteiger partial charge in [-0.15, -0.1) is 0 Å². The molecule has 0 atom stereocenters. The topological polar surface area (TPSA) is 29.5 Å². The number of aryl methyl sites for hydroxylation is 1. The molecular formula is C18H22O2. The fourth-order valence-electron chi connectivity index (χ4n) is 2.23. The fraction of sp³-hybridized carbons (Fsp3) is 0.333. The molecule has 0 aromatic heterocycles. The van der Waals surface area contributed by atoms with Crippen molar-refractivity contribution in [3.8, 4) is 17.2 Å². The lowest BCUT2D eigenvalue weighted by Crippen LogP contribution is -1.99. The van der Waals surface area contributed by atoms with E-state index in [0.717, 1.165) is 23.3 Å². The van der Waals surface area contributed by atoms with Crippen LogP contribution in [0, 0.1) is 19.8 Å². The number of hydrogen-bond acceptors (Lipinski definition) is 2. The lowest BCUT2D eigenvalue weighted by molar-refractivity contribution is 0.403. The average molecular weight is 270 g/mol. The number of ether oxygens (including phenoxy) is 1. The van der Waals surface area contributed by atoms with Crippen LogP contribution >= 0.6 is 0 Å². The van der Waals surface area contributed by atoms with E-state index in [0.29, 0.717) is 11.7 Å². The molecule has 2 aromatic carbocycles. The Bertz CT molecular complexity index is 600. The van der Waals surface area contributed by atoms with E-state index < -0.39 is 0 Å². The van der Waals surface area contributed by atoms with Gasteiger partial charge in [0.15, 0.2) is 11.5 Å². The summed E-state index contributed by atoms with van der Waals surface area (Å²) < 4.78 is 6.00. The first kappa shape index (κ1) is 14.4. The Morgan fingerprint density at radius 1 is 1.05 bits per heavy atom. The van der Waals surface area contributed by atoms with Crippen LogP contribution in [-0.2, 0) is 6.42 Å². The first-order valence-corrected chi connectivity index (χ1v) is 7.04. The highest BCUT2D eigenvalue weighted by Crippen LogP contribution is 2.37. The minimum Gasteiger partial charge on any atom is -0.504 e. The van der Waals surface area contributed by atoms with Crippen LogP contribution in [0.15, 0.2) is 36.4 Å². The second-order valence-corrected chi connectivity index (χ2v) is 5.66. The zero-order chi connectivity index (χ0) is 14.7. The third-order valence-corrected chi connectivity index (χ3v) is 3.47. The predicted octanol–water partition coefficient (Wildman–Crippen LogP) is 5.00. The lowest BCUT2D eigenvalue weighted by atomic mass is 10.0. The highest BCUT2D eigenvalue weighted by molar-refractivity contribution is 5.50. The SMILES string of the molecule is Cc1cccc(Oc2c(O)cccc2CC(C)C)c1C. The molecule has 0 fully saturated rings. The Hall–Kier alpha value is -1.96. The quantitative estimate of drug-likeness (QED) is 0.847. The molecule has 0 aliphatic rings. The Morgan fingerprint density at radius 3 is 2.45 bits per heavy atom. The number of benzene rings is 2. The fourth-order valence-corrected chi connectivity index (χ4v) is 2.23. The van der Waals surface area contributed by atoms with E-state index in [1.807, 2.05) is 31.2 Å². The molecule has 0 bridgehead atoms. The molecule has 2 aromatic rings. The van der Waals surface area contributed by atoms with Crippen LogP contribution in [-0.4, -0.2) is 5.11 Å². The number of aromatic hydroxyl groups is 1. The summed E-state index contributed by atoms with van der Waals surface area (Å²) in [5.41, 5.74) is 3.33. The van der Waals surface area contributed by atoms with Gasteiger partial charge in [-0.2, -0.15) is 0 Å². The summed E-state index contributed by atoms with van der Waals surface area (Å²) in [4.78, 5) is 0. The van der Waals surface area contributed by atoms with Crippen molar-refractivity contribution in [1.82, 2.24) is 0 Å². The Morgan fingerprint density at radius 2 is 1.75 bits per heavy atom. The number of phenolic OH excluding ortho intramolecular Hbond substituents is 1. The van der Waals surface area contributed by atoms with Crippen molar-refractivity contribution in [1.29, 1.82) is 0 Å². The molecule has 2 rings (SSSR count). The summed E-state index contributed by atoms with van der Waals surface area (Å²) in [6, 6.07) is 11.5. The molecule has 0 heterocycles. The first-order chi connectivity index (χ1) is 9.49. The van der Waals surface area contributed by atoms with E-state index in [-0.39, 0.29) is 5.75 Å². The molecule has 2 nitrogen and oxygen atoms in total. The van der Waals surface area contributed by atoms with Crippen LogP contribution in [0.25, 0.3) is 0 Å². The zero-order valence-corrected chi connectivity index (χ0v) is 12.6. The third-order valence-electron chi connectivity index (χ3n) is 3.47. The summed E-state index contributed by atoms with van der Waals surface area (Å²) >= 11 is 0. The summed E-state index contributed by atoms with van der Waals surface area (Å²) in [6.07, 6.45) is 0.884. The van der Waals surface area contributed by atoms with E-state index in [1.165, 1.54) is 5.56 Å². The molecule has 0 aliphatic heterocycles. The number of rotatable bonds is 4. The number of para-hydroxylation sites is 1. The normalized spacial score (nSPS) is 10.8. The summed E-state index contributed by atoms with van der Waals surface area (Å²) in [5.74, 6) is 2.09. The maximum absolute atomic E-state index is 10.1. The maximum atomic E-state index is 10.1. The van der Waals surface area contributed by atoms with Crippen molar-refractivity contribution < 1.29 is 9.84 Å². The monoisotopic (exact) mass is 270 g/mol. The molecule has 0 spiro atoms. The Kier molecular flexibility index (Phi) is 4.33. The summed E-state index contributed by atoms with van der Waals surface area (Å²) in [5, 5.41) is 10.1. The van der Waals surface area contributed by atoms with E-state index in [9.17, 15) is 5.11 Å². The molecule has 0 saturated carbocycles. The molecule has 2 heteroatoms. The van der Waals surface area contributed by atoms with Crippen LogP contribution < -0.4 is 4.74 Å². The van der Waals surface area contributed by atoms with Crippen LogP contribution in [0.1, 0.15) is 30.5 Å². The highest BCUT2D eigenvalue weighted by atomic mass is 16.5. The van der Waals surface area contributed by atoms with Crippen LogP contribution in [0.5, 0.6) is 17.2 Å². The van der Waals surface area contributed by atoms with Crippen molar-refractivity contribution in [2.45, 2.75) is 34.1 Å². The molecule has 0 saturated heterocycles. The largest absolute Gasteiger partial charge is 0.504 e. The molecule has 20 heavy (non-hydrogen) atoms. The van der Waals surface area contributed by atoms with Crippen molar-refractivity contribution in [3.05, 3.63) is 53.1 Å².